The number of alkyl halides is 6. The summed E-state index contributed by atoms with van der Waals surface area (Å²) >= 11 is 23.4. The molecule has 2 atom stereocenters. The van der Waals surface area contributed by atoms with E-state index in [2.05, 4.69) is 47.6 Å². The van der Waals surface area contributed by atoms with E-state index in [9.17, 15) is 28.8 Å². The molecule has 0 radical (unpaired) electrons. The number of rotatable bonds is 30. The second kappa shape index (κ2) is 35.2. The van der Waals surface area contributed by atoms with Crippen molar-refractivity contribution in [2.45, 2.75) is 101 Å². The Balaban J connectivity index is 1.15. The molecule has 0 aliphatic carbocycles. The number of hydrogen-bond acceptors (Lipinski definition) is 14. The number of carbonyl (C=O) groups excluding carboxylic acids is 10. The first-order chi connectivity index (χ1) is 56.2. The molecule has 4 N–H and O–H groups in total. The first-order valence-corrected chi connectivity index (χ1v) is 39.1. The monoisotopic (exact) mass is 1700 g/mol. The van der Waals surface area contributed by atoms with Gasteiger partial charge in [-0.1, -0.05) is 121 Å². The van der Waals surface area contributed by atoms with Gasteiger partial charge in [0, 0.05) is 95.4 Å². The van der Waals surface area contributed by atoms with E-state index in [1.54, 1.807) is 48.5 Å². The lowest BCUT2D eigenvalue weighted by atomic mass is 9.80. The van der Waals surface area contributed by atoms with Crippen LogP contribution in [0.3, 0.4) is 0 Å². The topological polar surface area (TPSA) is 269 Å². The molecule has 2 fully saturated rings. The maximum atomic E-state index is 16.3. The molecular weight excluding hydrogens is 1620 g/mol. The predicted molar refractivity (Wildman–Crippen MR) is 431 cm³/mol. The van der Waals surface area contributed by atoms with E-state index in [1.807, 2.05) is 0 Å². The highest BCUT2D eigenvalue weighted by Gasteiger charge is 2.51. The lowest BCUT2D eigenvalue weighted by Gasteiger charge is -2.38. The van der Waals surface area contributed by atoms with Crippen LogP contribution in [0.4, 0.5) is 26.3 Å². The number of ether oxygens (including phenoxy) is 4. The highest BCUT2D eigenvalue weighted by Crippen LogP contribution is 2.58. The van der Waals surface area contributed by atoms with Crippen LogP contribution < -0.4 is 40.2 Å². The molecule has 0 spiro atoms. The molecule has 13 rings (SSSR count). The van der Waals surface area contributed by atoms with Gasteiger partial charge in [-0.15, -0.1) is 0 Å². The minimum atomic E-state index is -5.19. The standard InChI is InChI=1S/C86H74Cl4F6N8O14/c1-45(87)75(105)97-31-27-49-11-19-53(20-12-49)115-63-39-57-67-58(80(110)103(79(57)109)61(43-85(91,92)93)83(113)101-35-7-5-8-36-101)41-65(117-55-23-15-51(16-24-55)29-33-99-77(107)47(3)89)71-72-66(118-56-25-17-52(18-26-56)30-34-100-78(108)48(4)90)42-60-68-59(81(111)104(82(60)112)62(44-86(94,95)96)84(114)102-37-9-6-10-38-102)40-64(70(74(68)72)69(63)73(67)71)116-54-21-13-50(14-22-54)28-32-98-76(106)46(2)88/h11-26,39-42,61-62H,1-10,27-38,43-44H2,(H,97,105)(H,98,106)(H,99,107)(H,100,108). The zero-order chi connectivity index (χ0) is 84.3. The molecule has 32 heteroatoms. The van der Waals surface area contributed by atoms with Gasteiger partial charge in [0.05, 0.1) is 55.2 Å². The minimum Gasteiger partial charge on any atom is -0.457 e. The Kier molecular flexibility index (Phi) is 25.1. The number of likely N-dealkylation sites (tertiary alicyclic amines) is 2. The van der Waals surface area contributed by atoms with E-state index in [-0.39, 0.29) is 197 Å². The predicted octanol–water partition coefficient (Wildman–Crippen LogP) is 16.4. The summed E-state index contributed by atoms with van der Waals surface area (Å²) in [7, 11) is 0. The summed E-state index contributed by atoms with van der Waals surface area (Å²) in [6, 6.07) is 24.7. The van der Waals surface area contributed by atoms with Crippen LogP contribution in [-0.2, 0) is 54.5 Å². The molecule has 9 aromatic carbocycles. The zero-order valence-corrected chi connectivity index (χ0v) is 66.0. The van der Waals surface area contributed by atoms with Crippen molar-refractivity contribution < 1.29 is 93.2 Å². The number of carbonyl (C=O) groups is 10. The molecule has 22 nitrogen and oxygen atoms in total. The Bertz CT molecular complexity index is 4990. The third-order valence-corrected chi connectivity index (χ3v) is 21.4. The van der Waals surface area contributed by atoms with Crippen molar-refractivity contribution in [3.8, 4) is 46.0 Å². The first-order valence-electron chi connectivity index (χ1n) is 37.6. The third kappa shape index (κ3) is 18.3. The van der Waals surface area contributed by atoms with Crippen LogP contribution in [0, 0.1) is 0 Å². The maximum absolute atomic E-state index is 16.3. The molecule has 2 unspecified atom stereocenters. The largest absolute Gasteiger partial charge is 0.457 e. The molecule has 10 amide bonds. The Hall–Kier alpha value is -11.7. The summed E-state index contributed by atoms with van der Waals surface area (Å²) in [6.45, 7) is 14.2. The van der Waals surface area contributed by atoms with Crippen molar-refractivity contribution in [3.05, 3.63) is 212 Å². The number of halogens is 10. The van der Waals surface area contributed by atoms with Crippen molar-refractivity contribution in [1.29, 1.82) is 0 Å². The number of amides is 10. The van der Waals surface area contributed by atoms with E-state index in [0.29, 0.717) is 60.8 Å². The Morgan fingerprint density at radius 3 is 0.771 bits per heavy atom. The molecular formula is C86H74Cl4F6N8O14. The Labute approximate surface area is 690 Å². The van der Waals surface area contributed by atoms with E-state index in [4.69, 9.17) is 65.4 Å². The van der Waals surface area contributed by atoms with Gasteiger partial charge in [0.25, 0.3) is 47.3 Å². The summed E-state index contributed by atoms with van der Waals surface area (Å²) in [5.41, 5.74) is 0.469. The van der Waals surface area contributed by atoms with Crippen molar-refractivity contribution in [2.24, 2.45) is 0 Å². The molecule has 612 valence electrons. The lowest BCUT2D eigenvalue weighted by Crippen LogP contribution is -2.56. The SMILES string of the molecule is C=C(Cl)C(=O)NCCc1ccc(Oc2cc3c4c(cc(Oc5ccc(CCNC(=O)C(=C)Cl)cc5)c5c6c(Oc7ccc(CCNC(=O)C(=C)Cl)cc7)cc7c8c(cc(Oc9ccc(CCNC(=O)C(=C)Cl)cc9)c(c2c45)c86)C(=O)N(C(CC(F)(F)F)C(=O)N2CCCCC2)C7=O)C(=O)N(C(CC(F)(F)F)C(=O)N2CCCCC2)C3=O)cc1. The summed E-state index contributed by atoms with van der Waals surface area (Å²) < 4.78 is 121. The average Bonchev–Trinajstić information content (AvgIpc) is 0.669. The van der Waals surface area contributed by atoms with Gasteiger partial charge < -0.3 is 50.0 Å². The number of nitrogens with zero attached hydrogens (tertiary/aromatic N) is 4. The van der Waals surface area contributed by atoms with E-state index < -0.39 is 119 Å². The smallest absolute Gasteiger partial charge is 0.391 e. The van der Waals surface area contributed by atoms with Gasteiger partial charge in [-0.3, -0.25) is 57.7 Å². The van der Waals surface area contributed by atoms with Gasteiger partial charge in [-0.2, -0.15) is 26.3 Å². The Morgan fingerprint density at radius 2 is 0.568 bits per heavy atom. The highest BCUT2D eigenvalue weighted by molar-refractivity contribution is 6.46. The average molecular weight is 1700 g/mol. The van der Waals surface area contributed by atoms with E-state index in [0.717, 1.165) is 24.3 Å². The number of hydrogen-bond donors (Lipinski definition) is 4. The van der Waals surface area contributed by atoms with Crippen LogP contribution in [0.25, 0.3) is 43.1 Å². The molecule has 9 aromatic rings. The number of nitrogens with one attached hydrogen (secondary N) is 4. The summed E-state index contributed by atoms with van der Waals surface area (Å²) in [5.74, 6) is -11.9. The summed E-state index contributed by atoms with van der Waals surface area (Å²) in [5, 5.41) is 8.09. The molecule has 4 heterocycles. The van der Waals surface area contributed by atoms with Gasteiger partial charge in [0.1, 0.15) is 58.1 Å². The van der Waals surface area contributed by atoms with E-state index in [1.165, 1.54) is 58.3 Å². The minimum absolute atomic E-state index is 0.0000205. The van der Waals surface area contributed by atoms with Gasteiger partial charge in [-0.25, -0.2) is 0 Å². The second-order valence-electron chi connectivity index (χ2n) is 28.7. The van der Waals surface area contributed by atoms with Crippen LogP contribution in [0.15, 0.2) is 168 Å². The van der Waals surface area contributed by atoms with Gasteiger partial charge in [0.15, 0.2) is 0 Å². The van der Waals surface area contributed by atoms with Crippen LogP contribution in [0.1, 0.15) is 115 Å². The highest BCUT2D eigenvalue weighted by atomic mass is 35.5. The van der Waals surface area contributed by atoms with Crippen LogP contribution >= 0.6 is 46.4 Å². The maximum Gasteiger partial charge on any atom is 0.391 e. The second-order valence-corrected chi connectivity index (χ2v) is 30.5. The molecule has 0 bridgehead atoms. The third-order valence-electron chi connectivity index (χ3n) is 20.7. The van der Waals surface area contributed by atoms with Crippen molar-refractivity contribution in [2.75, 3.05) is 52.4 Å². The fourth-order valence-electron chi connectivity index (χ4n) is 15.2. The molecule has 2 saturated heterocycles. The zero-order valence-electron chi connectivity index (χ0n) is 63.0. The van der Waals surface area contributed by atoms with Crippen molar-refractivity contribution in [1.82, 2.24) is 40.9 Å². The Morgan fingerprint density at radius 1 is 0.347 bits per heavy atom. The van der Waals surface area contributed by atoms with Gasteiger partial charge in [-0.05, 0) is 159 Å². The van der Waals surface area contributed by atoms with E-state index >= 15 is 45.5 Å². The van der Waals surface area contributed by atoms with Crippen LogP contribution in [-0.4, -0.2) is 155 Å². The van der Waals surface area contributed by atoms with Crippen molar-refractivity contribution in [3.63, 3.8) is 0 Å². The summed E-state index contributed by atoms with van der Waals surface area (Å²) in [6.07, 6.45) is -10.6. The number of fused-ring (bicyclic) bond motifs is 2. The fraction of sp³-hybridized carbons (Fsp3) is 0.279. The fourth-order valence-corrected chi connectivity index (χ4v) is 15.4. The van der Waals surface area contributed by atoms with Crippen LogP contribution in [0.5, 0.6) is 46.0 Å². The summed E-state index contributed by atoms with van der Waals surface area (Å²) in [4.78, 5) is 148. The van der Waals surface area contributed by atoms with Gasteiger partial charge >= 0.3 is 12.4 Å². The quantitative estimate of drug-likeness (QED) is 0.0107. The molecule has 4 aliphatic rings. The van der Waals surface area contributed by atoms with Crippen molar-refractivity contribution >= 4 is 149 Å². The molecule has 4 aliphatic heterocycles. The molecule has 118 heavy (non-hydrogen) atoms. The number of benzene rings is 9. The number of piperidine rings is 2. The van der Waals surface area contributed by atoms with Crippen LogP contribution in [0.2, 0.25) is 0 Å². The molecule has 0 saturated carbocycles. The molecule has 0 aromatic heterocycles. The number of imide groups is 2. The normalized spacial score (nSPS) is 14.8. The van der Waals surface area contributed by atoms with Gasteiger partial charge in [0.2, 0.25) is 11.8 Å². The lowest BCUT2D eigenvalue weighted by molar-refractivity contribution is -0.159. The first kappa shape index (κ1) is 84.2.